The highest BCUT2D eigenvalue weighted by Crippen LogP contribution is 2.44. The van der Waals surface area contributed by atoms with Crippen molar-refractivity contribution in [3.63, 3.8) is 0 Å². The van der Waals surface area contributed by atoms with E-state index in [1.54, 1.807) is 23.6 Å². The van der Waals surface area contributed by atoms with E-state index in [2.05, 4.69) is 54.2 Å². The molecule has 5 rings (SSSR count). The highest BCUT2D eigenvalue weighted by molar-refractivity contribution is 6.30. The Kier molecular flexibility index (Phi) is 13.0. The largest absolute Gasteiger partial charge is 0.449 e. The van der Waals surface area contributed by atoms with Crippen molar-refractivity contribution in [2.24, 2.45) is 18.2 Å². The van der Waals surface area contributed by atoms with E-state index in [0.29, 0.717) is 44.2 Å². The molecule has 2 amide bonds. The lowest BCUT2D eigenvalue weighted by molar-refractivity contribution is -0.0328. The van der Waals surface area contributed by atoms with Crippen LogP contribution in [-0.4, -0.2) is 69.9 Å². The Morgan fingerprint density at radius 2 is 1.90 bits per heavy atom. The van der Waals surface area contributed by atoms with Gasteiger partial charge in [-0.3, -0.25) is 4.90 Å². The summed E-state index contributed by atoms with van der Waals surface area (Å²) in [6.07, 6.45) is 14.7. The molecule has 2 heterocycles. The molecule has 2 unspecified atom stereocenters. The van der Waals surface area contributed by atoms with Crippen LogP contribution in [-0.2, 0) is 16.5 Å². The predicted octanol–water partition coefficient (Wildman–Crippen LogP) is 7.93. The zero-order chi connectivity index (χ0) is 35.8. The Hall–Kier alpha value is -3.76. The maximum atomic E-state index is 13.5. The van der Waals surface area contributed by atoms with Crippen molar-refractivity contribution in [1.29, 1.82) is 0 Å². The maximum absolute atomic E-state index is 13.5. The fourth-order valence-electron chi connectivity index (χ4n) is 6.43. The number of amides is 2. The minimum absolute atomic E-state index is 0.00453. The van der Waals surface area contributed by atoms with Crippen LogP contribution in [0.3, 0.4) is 0 Å². The summed E-state index contributed by atoms with van der Waals surface area (Å²) in [5, 5.41) is 3.80. The number of nitrogens with zero attached hydrogens (tertiary/aromatic N) is 4. The van der Waals surface area contributed by atoms with Crippen LogP contribution >= 0.6 is 11.6 Å². The number of fused-ring (bicyclic) bond motifs is 1. The first-order valence-electron chi connectivity index (χ1n) is 17.5. The third-order valence-electron chi connectivity index (χ3n) is 9.22. The lowest BCUT2D eigenvalue weighted by atomic mass is 9.82. The van der Waals surface area contributed by atoms with Crippen LogP contribution in [0.5, 0.6) is 0 Å². The van der Waals surface area contributed by atoms with Crippen molar-refractivity contribution in [2.75, 3.05) is 32.8 Å². The molecular weight excluding hydrogens is 640 g/mol. The van der Waals surface area contributed by atoms with Crippen LogP contribution in [0.4, 0.5) is 9.59 Å². The molecular formula is C38H55ClN6O4. The SMILES string of the molecule is CC.Cn1cncc1C(NC(=O)OC1(C)CCC1)C1=C/C(=C/C/C=C\N)CC(N2CCN(C(=O)OCC(C)(C)C)CC2)c2ccc(Cl)cc21. The molecule has 2 aliphatic carbocycles. The van der Waals surface area contributed by atoms with Gasteiger partial charge in [0.1, 0.15) is 5.60 Å². The Morgan fingerprint density at radius 3 is 2.49 bits per heavy atom. The Bertz CT molecular complexity index is 1530. The van der Waals surface area contributed by atoms with Crippen molar-refractivity contribution in [2.45, 2.75) is 91.3 Å². The van der Waals surface area contributed by atoms with Crippen molar-refractivity contribution in [3.05, 3.63) is 82.6 Å². The van der Waals surface area contributed by atoms with Gasteiger partial charge < -0.3 is 30.0 Å². The standard InChI is InChI=1S/C36H49ClN6O4.C2H6/c1-35(2,3)23-46-34(45)43-17-15-42(16-18-43)30-20-25(9-6-7-14-38)19-29(28-21-26(37)10-11-27(28)30)32(31-22-39-24-41(31)5)40-33(44)47-36(4)12-8-13-36;1-2/h7,9-11,14,19,21-22,24,30,32H,6,8,12-13,15-18,20,23,38H2,1-5H3,(H,40,44);1-2H3/b14-7-,25-9-;. The number of aromatic nitrogens is 2. The number of carbonyl (C=O) groups is 2. The number of halogens is 1. The van der Waals surface area contributed by atoms with Gasteiger partial charge >= 0.3 is 12.2 Å². The summed E-state index contributed by atoms with van der Waals surface area (Å²) >= 11 is 6.70. The van der Waals surface area contributed by atoms with Crippen molar-refractivity contribution < 1.29 is 19.1 Å². The molecule has 0 radical (unpaired) electrons. The number of nitrogens with two attached hydrogens (primary N) is 1. The second kappa shape index (κ2) is 16.8. The van der Waals surface area contributed by atoms with E-state index in [0.717, 1.165) is 53.7 Å². The summed E-state index contributed by atoms with van der Waals surface area (Å²) in [5.74, 6) is 0. The first kappa shape index (κ1) is 38.0. The van der Waals surface area contributed by atoms with E-state index in [1.807, 2.05) is 50.6 Å². The molecule has 49 heavy (non-hydrogen) atoms. The molecule has 1 aromatic heterocycles. The number of ether oxygens (including phenoxy) is 2. The van der Waals surface area contributed by atoms with E-state index in [9.17, 15) is 9.59 Å². The molecule has 1 aromatic carbocycles. The lowest BCUT2D eigenvalue weighted by Crippen LogP contribution is -2.50. The summed E-state index contributed by atoms with van der Waals surface area (Å²) in [6, 6.07) is 5.45. The van der Waals surface area contributed by atoms with Crippen LogP contribution in [0.25, 0.3) is 5.57 Å². The summed E-state index contributed by atoms with van der Waals surface area (Å²) in [4.78, 5) is 34.9. The number of alkyl carbamates (subject to hydrolysis) is 1. The molecule has 2 atom stereocenters. The molecule has 1 aliphatic heterocycles. The Labute approximate surface area is 297 Å². The van der Waals surface area contributed by atoms with Gasteiger partial charge in [-0.1, -0.05) is 70.5 Å². The highest BCUT2D eigenvalue weighted by atomic mass is 35.5. The Morgan fingerprint density at radius 1 is 1.18 bits per heavy atom. The fourth-order valence-corrected chi connectivity index (χ4v) is 6.61. The van der Waals surface area contributed by atoms with Gasteiger partial charge in [-0.05, 0) is 85.0 Å². The van der Waals surface area contributed by atoms with E-state index in [4.69, 9.17) is 26.8 Å². The normalized spacial score (nSPS) is 20.7. The molecule has 10 nitrogen and oxygen atoms in total. The molecule has 1 saturated carbocycles. The number of hydrogen-bond donors (Lipinski definition) is 2. The molecule has 2 aromatic rings. The lowest BCUT2D eigenvalue weighted by Gasteiger charge is -2.40. The van der Waals surface area contributed by atoms with E-state index in [-0.39, 0.29) is 17.6 Å². The topological polar surface area (TPSA) is 115 Å². The first-order chi connectivity index (χ1) is 23.4. The fraction of sp³-hybridized carbons (Fsp3) is 0.553. The summed E-state index contributed by atoms with van der Waals surface area (Å²) in [6.45, 7) is 15.0. The quantitative estimate of drug-likeness (QED) is 0.288. The van der Waals surface area contributed by atoms with Gasteiger partial charge in [0.15, 0.2) is 0 Å². The molecule has 3 N–H and O–H groups in total. The number of piperazine rings is 1. The molecule has 0 bridgehead atoms. The monoisotopic (exact) mass is 694 g/mol. The van der Waals surface area contributed by atoms with Crippen molar-refractivity contribution in [3.8, 4) is 0 Å². The summed E-state index contributed by atoms with van der Waals surface area (Å²) < 4.78 is 13.5. The van der Waals surface area contributed by atoms with E-state index >= 15 is 0 Å². The van der Waals surface area contributed by atoms with Crippen LogP contribution < -0.4 is 11.1 Å². The zero-order valence-corrected chi connectivity index (χ0v) is 31.1. The number of benzene rings is 1. The van der Waals surface area contributed by atoms with Crippen LogP contribution in [0.15, 0.2) is 60.7 Å². The molecule has 1 saturated heterocycles. The minimum Gasteiger partial charge on any atom is -0.449 e. The highest BCUT2D eigenvalue weighted by Gasteiger charge is 2.38. The van der Waals surface area contributed by atoms with Gasteiger partial charge in [-0.25, -0.2) is 14.6 Å². The summed E-state index contributed by atoms with van der Waals surface area (Å²) in [7, 11) is 1.92. The van der Waals surface area contributed by atoms with Crippen LogP contribution in [0, 0.1) is 5.41 Å². The number of hydrogen-bond acceptors (Lipinski definition) is 7. The average Bonchev–Trinajstić information content (AvgIpc) is 3.42. The molecule has 0 spiro atoms. The van der Waals surface area contributed by atoms with Gasteiger partial charge in [-0.15, -0.1) is 0 Å². The second-order valence-corrected chi connectivity index (χ2v) is 14.8. The van der Waals surface area contributed by atoms with Crippen molar-refractivity contribution in [1.82, 2.24) is 24.7 Å². The smallest absolute Gasteiger partial charge is 0.409 e. The number of carbonyl (C=O) groups excluding carboxylic acids is 2. The number of aryl methyl sites for hydroxylation is 1. The minimum atomic E-state index is -0.558. The third kappa shape index (κ3) is 9.91. The van der Waals surface area contributed by atoms with E-state index in [1.165, 1.54) is 0 Å². The van der Waals surface area contributed by atoms with E-state index < -0.39 is 17.7 Å². The van der Waals surface area contributed by atoms with Crippen LogP contribution in [0.1, 0.15) is 103 Å². The van der Waals surface area contributed by atoms with Gasteiger partial charge in [0, 0.05) is 44.3 Å². The molecule has 268 valence electrons. The van der Waals surface area contributed by atoms with Gasteiger partial charge in [0.05, 0.1) is 30.9 Å². The van der Waals surface area contributed by atoms with Crippen LogP contribution in [0.2, 0.25) is 5.02 Å². The predicted molar refractivity (Wildman–Crippen MR) is 196 cm³/mol. The molecule has 3 aliphatic rings. The van der Waals surface area contributed by atoms with Crippen molar-refractivity contribution >= 4 is 29.4 Å². The number of rotatable bonds is 8. The zero-order valence-electron chi connectivity index (χ0n) is 30.3. The van der Waals surface area contributed by atoms with Gasteiger partial charge in [0.2, 0.25) is 0 Å². The first-order valence-corrected chi connectivity index (χ1v) is 17.9. The number of nitrogens with one attached hydrogen (secondary N) is 1. The van der Waals surface area contributed by atoms with Gasteiger partial charge in [-0.2, -0.15) is 0 Å². The average molecular weight is 695 g/mol. The molecule has 2 fully saturated rings. The summed E-state index contributed by atoms with van der Waals surface area (Å²) in [5.41, 5.74) is 10.0. The third-order valence-corrected chi connectivity index (χ3v) is 9.46. The number of imidazole rings is 1. The number of allylic oxidation sites excluding steroid dienone is 3. The maximum Gasteiger partial charge on any atom is 0.409 e. The second-order valence-electron chi connectivity index (χ2n) is 14.3. The Balaban J connectivity index is 0.00000265. The molecule has 11 heteroatoms. The van der Waals surface area contributed by atoms with Gasteiger partial charge in [0.25, 0.3) is 0 Å².